The monoisotopic (exact) mass is 263 g/mol. The lowest BCUT2D eigenvalue weighted by atomic mass is 9.94. The summed E-state index contributed by atoms with van der Waals surface area (Å²) >= 11 is 1.61. The van der Waals surface area contributed by atoms with Crippen LogP contribution in [-0.2, 0) is 17.6 Å². The van der Waals surface area contributed by atoms with Crippen molar-refractivity contribution in [3.05, 3.63) is 16.0 Å². The highest BCUT2D eigenvalue weighted by Crippen LogP contribution is 2.39. The van der Waals surface area contributed by atoms with Crippen LogP contribution >= 0.6 is 11.3 Å². The molecule has 0 aliphatic heterocycles. The van der Waals surface area contributed by atoms with E-state index in [4.69, 9.17) is 0 Å². The van der Waals surface area contributed by atoms with Crippen molar-refractivity contribution >= 4 is 28.0 Å². The summed E-state index contributed by atoms with van der Waals surface area (Å²) in [6, 6.07) is 0. The minimum absolute atomic E-state index is 0.0838. The molecular weight excluding hydrogens is 246 g/mol. The van der Waals surface area contributed by atoms with Gasteiger partial charge in [-0.25, -0.2) is 0 Å². The lowest BCUT2D eigenvalue weighted by Gasteiger charge is -2.11. The van der Waals surface area contributed by atoms with E-state index in [9.17, 15) is 9.59 Å². The van der Waals surface area contributed by atoms with Crippen LogP contribution in [0.15, 0.2) is 0 Å². The third-order valence-corrected chi connectivity index (χ3v) is 4.92. The van der Waals surface area contributed by atoms with Gasteiger partial charge in [0.1, 0.15) is 5.00 Å². The first-order valence-corrected chi connectivity index (χ1v) is 7.45. The standard InChI is InChI=1S/C14H17NO2S/c1-8(16)12-10-4-2-3-5-11(10)18-14(12)15-13(17)9-6-7-9/h9H,2-7H2,1H3,(H,15,17). The van der Waals surface area contributed by atoms with Crippen LogP contribution in [0.4, 0.5) is 5.00 Å². The number of carbonyl (C=O) groups excluding carboxylic acids is 2. The molecule has 0 spiro atoms. The SMILES string of the molecule is CC(=O)c1c(NC(=O)C2CC2)sc2c1CCCC2. The van der Waals surface area contributed by atoms with Gasteiger partial charge in [0.2, 0.25) is 5.91 Å². The number of fused-ring (bicyclic) bond motifs is 1. The highest BCUT2D eigenvalue weighted by Gasteiger charge is 2.31. The predicted molar refractivity (Wildman–Crippen MR) is 72.3 cm³/mol. The Morgan fingerprint density at radius 3 is 2.61 bits per heavy atom. The van der Waals surface area contributed by atoms with Crippen molar-refractivity contribution in [2.75, 3.05) is 5.32 Å². The first kappa shape index (κ1) is 11.9. The summed E-state index contributed by atoms with van der Waals surface area (Å²) < 4.78 is 0. The number of amides is 1. The van der Waals surface area contributed by atoms with Gasteiger partial charge < -0.3 is 5.32 Å². The molecule has 4 heteroatoms. The highest BCUT2D eigenvalue weighted by atomic mass is 32.1. The molecule has 1 saturated carbocycles. The Hall–Kier alpha value is -1.16. The largest absolute Gasteiger partial charge is 0.317 e. The first-order valence-electron chi connectivity index (χ1n) is 6.63. The molecule has 1 aromatic heterocycles. The zero-order valence-corrected chi connectivity index (χ0v) is 11.4. The molecule has 1 heterocycles. The van der Waals surface area contributed by atoms with Crippen LogP contribution in [0.3, 0.4) is 0 Å². The zero-order valence-electron chi connectivity index (χ0n) is 10.5. The fourth-order valence-corrected chi connectivity index (χ4v) is 3.93. The number of nitrogens with one attached hydrogen (secondary N) is 1. The number of rotatable bonds is 3. The second-order valence-corrected chi connectivity index (χ2v) is 6.34. The van der Waals surface area contributed by atoms with Crippen LogP contribution in [0.5, 0.6) is 0 Å². The van der Waals surface area contributed by atoms with E-state index in [-0.39, 0.29) is 17.6 Å². The molecule has 1 aromatic rings. The average Bonchev–Trinajstić information content (AvgIpc) is 3.10. The topological polar surface area (TPSA) is 46.2 Å². The molecule has 0 radical (unpaired) electrons. The van der Waals surface area contributed by atoms with Gasteiger partial charge in [0, 0.05) is 10.8 Å². The van der Waals surface area contributed by atoms with E-state index < -0.39 is 0 Å². The minimum atomic E-state index is 0.0838. The maximum Gasteiger partial charge on any atom is 0.228 e. The molecule has 1 N–H and O–H groups in total. The molecule has 0 atom stereocenters. The molecule has 1 amide bonds. The lowest BCUT2D eigenvalue weighted by molar-refractivity contribution is -0.117. The Morgan fingerprint density at radius 2 is 1.94 bits per heavy atom. The van der Waals surface area contributed by atoms with Gasteiger partial charge in [-0.15, -0.1) is 11.3 Å². The van der Waals surface area contributed by atoms with E-state index in [1.165, 1.54) is 16.9 Å². The quantitative estimate of drug-likeness (QED) is 0.851. The van der Waals surface area contributed by atoms with Gasteiger partial charge >= 0.3 is 0 Å². The van der Waals surface area contributed by atoms with Crippen LogP contribution in [-0.4, -0.2) is 11.7 Å². The Bertz CT molecular complexity index is 514. The zero-order chi connectivity index (χ0) is 12.7. The lowest BCUT2D eigenvalue weighted by Crippen LogP contribution is -2.14. The number of aryl methyl sites for hydroxylation is 1. The van der Waals surface area contributed by atoms with Gasteiger partial charge in [-0.3, -0.25) is 9.59 Å². The normalized spacial score (nSPS) is 18.3. The molecule has 0 bridgehead atoms. The maximum atomic E-state index is 11.8. The molecule has 2 aliphatic carbocycles. The van der Waals surface area contributed by atoms with Crippen LogP contribution in [0.1, 0.15) is 53.4 Å². The summed E-state index contributed by atoms with van der Waals surface area (Å²) in [6.07, 6.45) is 6.37. The number of carbonyl (C=O) groups is 2. The average molecular weight is 263 g/mol. The molecule has 96 valence electrons. The molecule has 0 unspecified atom stereocenters. The van der Waals surface area contributed by atoms with Crippen molar-refractivity contribution in [1.29, 1.82) is 0 Å². The first-order chi connectivity index (χ1) is 8.66. The molecule has 3 rings (SSSR count). The number of Topliss-reactive ketones (excluding diaryl/α,β-unsaturated/α-hetero) is 1. The molecule has 0 aromatic carbocycles. The van der Waals surface area contributed by atoms with Crippen molar-refractivity contribution in [3.63, 3.8) is 0 Å². The van der Waals surface area contributed by atoms with Gasteiger partial charge in [0.15, 0.2) is 5.78 Å². The summed E-state index contributed by atoms with van der Waals surface area (Å²) in [5, 5.41) is 3.77. The maximum absolute atomic E-state index is 11.8. The predicted octanol–water partition coefficient (Wildman–Crippen LogP) is 3.18. The molecule has 2 aliphatic rings. The fraction of sp³-hybridized carbons (Fsp3) is 0.571. The molecular formula is C14H17NO2S. The van der Waals surface area contributed by atoms with Gasteiger partial charge in [-0.05, 0) is 51.0 Å². The molecule has 3 nitrogen and oxygen atoms in total. The third-order valence-electron chi connectivity index (χ3n) is 3.71. The summed E-state index contributed by atoms with van der Waals surface area (Å²) in [7, 11) is 0. The van der Waals surface area contributed by atoms with E-state index in [1.807, 2.05) is 0 Å². The van der Waals surface area contributed by atoms with Crippen LogP contribution < -0.4 is 5.32 Å². The number of anilines is 1. The van der Waals surface area contributed by atoms with Crippen LogP contribution in [0, 0.1) is 5.92 Å². The van der Waals surface area contributed by atoms with Gasteiger partial charge in [0.05, 0.1) is 5.56 Å². The molecule has 1 fully saturated rings. The van der Waals surface area contributed by atoms with Gasteiger partial charge in [0.25, 0.3) is 0 Å². The van der Waals surface area contributed by atoms with E-state index in [0.717, 1.165) is 42.7 Å². The number of hydrogen-bond donors (Lipinski definition) is 1. The van der Waals surface area contributed by atoms with Crippen LogP contribution in [0.25, 0.3) is 0 Å². The number of hydrogen-bond acceptors (Lipinski definition) is 3. The Balaban J connectivity index is 1.94. The summed E-state index contributed by atoms with van der Waals surface area (Å²) in [6.45, 7) is 1.60. The van der Waals surface area contributed by atoms with Crippen molar-refractivity contribution in [3.8, 4) is 0 Å². The van der Waals surface area contributed by atoms with Crippen molar-refractivity contribution in [2.45, 2.75) is 45.4 Å². The Kier molecular flexibility index (Phi) is 2.98. The van der Waals surface area contributed by atoms with Gasteiger partial charge in [-0.2, -0.15) is 0 Å². The second-order valence-electron chi connectivity index (χ2n) is 5.23. The number of thiophene rings is 1. The smallest absolute Gasteiger partial charge is 0.228 e. The summed E-state index contributed by atoms with van der Waals surface area (Å²) in [5.74, 6) is 0.362. The highest BCUT2D eigenvalue weighted by molar-refractivity contribution is 7.17. The van der Waals surface area contributed by atoms with Gasteiger partial charge in [-0.1, -0.05) is 0 Å². The van der Waals surface area contributed by atoms with E-state index in [0.29, 0.717) is 0 Å². The van der Waals surface area contributed by atoms with Crippen molar-refractivity contribution in [2.24, 2.45) is 5.92 Å². The third kappa shape index (κ3) is 2.09. The van der Waals surface area contributed by atoms with E-state index >= 15 is 0 Å². The molecule has 0 saturated heterocycles. The van der Waals surface area contributed by atoms with Crippen LogP contribution in [0.2, 0.25) is 0 Å². The molecule has 18 heavy (non-hydrogen) atoms. The Morgan fingerprint density at radius 1 is 1.22 bits per heavy atom. The fourth-order valence-electron chi connectivity index (χ4n) is 2.59. The second kappa shape index (κ2) is 4.50. The Labute approximate surface area is 111 Å². The summed E-state index contributed by atoms with van der Waals surface area (Å²) in [5.41, 5.74) is 1.98. The van der Waals surface area contributed by atoms with E-state index in [1.54, 1.807) is 18.3 Å². The summed E-state index contributed by atoms with van der Waals surface area (Å²) in [4.78, 5) is 25.0. The van der Waals surface area contributed by atoms with Crippen molar-refractivity contribution in [1.82, 2.24) is 0 Å². The minimum Gasteiger partial charge on any atom is -0.317 e. The van der Waals surface area contributed by atoms with Crippen molar-refractivity contribution < 1.29 is 9.59 Å². The number of ketones is 1. The van der Waals surface area contributed by atoms with E-state index in [2.05, 4.69) is 5.32 Å².